The average Bonchev–Trinajstić information content (AvgIpc) is 2.63. The average molecular weight is 377 g/mol. The Balaban J connectivity index is 2.28. The van der Waals surface area contributed by atoms with Crippen LogP contribution in [0.4, 0.5) is 4.79 Å². The first-order chi connectivity index (χ1) is 12.1. The maximum Gasteiger partial charge on any atom is 0.427 e. The summed E-state index contributed by atoms with van der Waals surface area (Å²) in [6.45, 7) is 2.04. The second kappa shape index (κ2) is 10.1. The van der Waals surface area contributed by atoms with Gasteiger partial charge in [-0.15, -0.1) is 0 Å². The number of ether oxygens (including phenoxy) is 1. The molecular weight excluding hydrogens is 356 g/mol. The lowest BCUT2D eigenvalue weighted by Crippen LogP contribution is -2.21. The Morgan fingerprint density at radius 2 is 1.72 bits per heavy atom. The fourth-order valence-corrected chi connectivity index (χ4v) is 2.78. The largest absolute Gasteiger partial charge is 0.449 e. The molecule has 2 aromatic rings. The zero-order valence-corrected chi connectivity index (χ0v) is 15.9. The second-order valence-corrected chi connectivity index (χ2v) is 6.66. The highest BCUT2D eigenvalue weighted by Gasteiger charge is 2.09. The van der Waals surface area contributed by atoms with Gasteiger partial charge in [0.25, 0.3) is 0 Å². The SMILES string of the molecule is CCOC(=O)NN=C(c1ccc(Cl)cc1)c1ccc(CCSC)cc1. The summed E-state index contributed by atoms with van der Waals surface area (Å²) >= 11 is 7.79. The van der Waals surface area contributed by atoms with Crippen LogP contribution in [0.5, 0.6) is 0 Å². The van der Waals surface area contributed by atoms with Gasteiger partial charge in [0.15, 0.2) is 0 Å². The van der Waals surface area contributed by atoms with Crippen molar-refractivity contribution >= 4 is 35.2 Å². The molecule has 0 aliphatic carbocycles. The van der Waals surface area contributed by atoms with Crippen LogP contribution in [0, 0.1) is 0 Å². The number of hydrogen-bond donors (Lipinski definition) is 1. The van der Waals surface area contributed by atoms with Crippen molar-refractivity contribution in [3.05, 3.63) is 70.2 Å². The Bertz CT molecular complexity index is 715. The molecule has 0 aliphatic heterocycles. The van der Waals surface area contributed by atoms with Crippen LogP contribution in [-0.2, 0) is 11.2 Å². The summed E-state index contributed by atoms with van der Waals surface area (Å²) in [4.78, 5) is 11.6. The number of carbonyl (C=O) groups is 1. The number of benzene rings is 2. The molecule has 0 bridgehead atoms. The molecule has 0 aliphatic rings. The van der Waals surface area contributed by atoms with E-state index in [1.165, 1.54) is 5.56 Å². The number of hydrazone groups is 1. The zero-order chi connectivity index (χ0) is 18.1. The molecular formula is C19H21ClN2O2S. The van der Waals surface area contributed by atoms with Crippen LogP contribution in [0.1, 0.15) is 23.6 Å². The van der Waals surface area contributed by atoms with Gasteiger partial charge in [0.05, 0.1) is 12.3 Å². The van der Waals surface area contributed by atoms with Crippen LogP contribution in [0.2, 0.25) is 5.02 Å². The number of thioether (sulfide) groups is 1. The molecule has 0 spiro atoms. The lowest BCUT2D eigenvalue weighted by atomic mass is 10.0. The number of rotatable bonds is 7. The van der Waals surface area contributed by atoms with Crippen LogP contribution in [0.3, 0.4) is 0 Å². The van der Waals surface area contributed by atoms with Crippen LogP contribution in [0.25, 0.3) is 0 Å². The van der Waals surface area contributed by atoms with E-state index < -0.39 is 6.09 Å². The normalized spacial score (nSPS) is 11.2. The number of aryl methyl sites for hydroxylation is 1. The Kier molecular flexibility index (Phi) is 7.82. The lowest BCUT2D eigenvalue weighted by Gasteiger charge is -2.09. The number of amides is 1. The van der Waals surface area contributed by atoms with Crippen molar-refractivity contribution in [2.24, 2.45) is 5.10 Å². The fourth-order valence-electron chi connectivity index (χ4n) is 2.22. The predicted octanol–water partition coefficient (Wildman–Crippen LogP) is 4.74. The number of carbonyl (C=O) groups excluding carboxylic acids is 1. The van der Waals surface area contributed by atoms with E-state index in [1.807, 2.05) is 36.0 Å². The fraction of sp³-hybridized carbons (Fsp3) is 0.263. The molecule has 6 heteroatoms. The molecule has 132 valence electrons. The first kappa shape index (κ1) is 19.3. The minimum atomic E-state index is -0.578. The first-order valence-electron chi connectivity index (χ1n) is 7.98. The summed E-state index contributed by atoms with van der Waals surface area (Å²) in [5.41, 5.74) is 6.13. The van der Waals surface area contributed by atoms with Crippen LogP contribution in [0.15, 0.2) is 53.6 Å². The maximum atomic E-state index is 11.6. The first-order valence-corrected chi connectivity index (χ1v) is 9.76. The van der Waals surface area contributed by atoms with E-state index in [0.717, 1.165) is 23.3 Å². The Labute approximate surface area is 157 Å². The van der Waals surface area contributed by atoms with Gasteiger partial charge in [0, 0.05) is 16.1 Å². The highest BCUT2D eigenvalue weighted by molar-refractivity contribution is 7.98. The van der Waals surface area contributed by atoms with Crippen LogP contribution in [-0.4, -0.2) is 30.4 Å². The summed E-state index contributed by atoms with van der Waals surface area (Å²) < 4.78 is 4.87. The van der Waals surface area contributed by atoms with Gasteiger partial charge in [-0.2, -0.15) is 16.9 Å². The van der Waals surface area contributed by atoms with Crippen molar-refractivity contribution < 1.29 is 9.53 Å². The van der Waals surface area contributed by atoms with Gasteiger partial charge in [0.1, 0.15) is 0 Å². The number of hydrogen-bond acceptors (Lipinski definition) is 4. The van der Waals surface area contributed by atoms with Crippen molar-refractivity contribution in [2.45, 2.75) is 13.3 Å². The van der Waals surface area contributed by atoms with Gasteiger partial charge in [-0.3, -0.25) is 0 Å². The number of nitrogens with one attached hydrogen (secondary N) is 1. The molecule has 0 atom stereocenters. The topological polar surface area (TPSA) is 50.7 Å². The molecule has 0 aromatic heterocycles. The third-order valence-corrected chi connectivity index (χ3v) is 4.34. The van der Waals surface area contributed by atoms with E-state index in [1.54, 1.807) is 19.1 Å². The molecule has 1 amide bonds. The Morgan fingerprint density at radius 3 is 2.28 bits per heavy atom. The third-order valence-electron chi connectivity index (χ3n) is 3.47. The molecule has 2 aromatic carbocycles. The summed E-state index contributed by atoms with van der Waals surface area (Å²) in [6, 6.07) is 15.5. The highest BCUT2D eigenvalue weighted by atomic mass is 35.5. The smallest absolute Gasteiger partial charge is 0.427 e. The van der Waals surface area contributed by atoms with E-state index in [4.69, 9.17) is 16.3 Å². The highest BCUT2D eigenvalue weighted by Crippen LogP contribution is 2.16. The molecule has 0 radical (unpaired) electrons. The van der Waals surface area contributed by atoms with Gasteiger partial charge in [0.2, 0.25) is 0 Å². The van der Waals surface area contributed by atoms with E-state index >= 15 is 0 Å². The summed E-state index contributed by atoms with van der Waals surface area (Å²) in [6.07, 6.45) is 2.54. The third kappa shape index (κ3) is 6.11. The number of nitrogens with zero attached hydrogens (tertiary/aromatic N) is 1. The summed E-state index contributed by atoms with van der Waals surface area (Å²) in [7, 11) is 0. The predicted molar refractivity (Wildman–Crippen MR) is 106 cm³/mol. The molecule has 0 saturated carbocycles. The monoisotopic (exact) mass is 376 g/mol. The molecule has 2 rings (SSSR count). The molecule has 0 fully saturated rings. The van der Waals surface area contributed by atoms with Gasteiger partial charge in [-0.25, -0.2) is 10.2 Å². The van der Waals surface area contributed by atoms with Crippen molar-refractivity contribution in [3.8, 4) is 0 Å². The van der Waals surface area contributed by atoms with Gasteiger partial charge >= 0.3 is 6.09 Å². The Morgan fingerprint density at radius 1 is 1.12 bits per heavy atom. The molecule has 4 nitrogen and oxygen atoms in total. The van der Waals surface area contributed by atoms with Crippen molar-refractivity contribution in [3.63, 3.8) is 0 Å². The van der Waals surface area contributed by atoms with E-state index in [-0.39, 0.29) is 0 Å². The summed E-state index contributed by atoms with van der Waals surface area (Å²) in [5.74, 6) is 1.09. The lowest BCUT2D eigenvalue weighted by molar-refractivity contribution is 0.152. The quantitative estimate of drug-likeness (QED) is 0.560. The molecule has 25 heavy (non-hydrogen) atoms. The molecule has 0 saturated heterocycles. The molecule has 1 N–H and O–H groups in total. The van der Waals surface area contributed by atoms with E-state index in [0.29, 0.717) is 17.3 Å². The summed E-state index contributed by atoms with van der Waals surface area (Å²) in [5, 5.41) is 4.90. The van der Waals surface area contributed by atoms with E-state index in [9.17, 15) is 4.79 Å². The van der Waals surface area contributed by atoms with Gasteiger partial charge in [-0.1, -0.05) is 48.0 Å². The Hall–Kier alpha value is -1.98. The number of halogens is 1. The zero-order valence-electron chi connectivity index (χ0n) is 14.3. The standard InChI is InChI=1S/C19H21ClN2O2S/c1-3-24-19(23)22-21-18(16-8-10-17(20)11-9-16)15-6-4-14(5-7-15)12-13-25-2/h4-11H,3,12-13H2,1-2H3,(H,22,23). The minimum absolute atomic E-state index is 0.293. The maximum absolute atomic E-state index is 11.6. The molecule has 0 heterocycles. The van der Waals surface area contributed by atoms with Crippen LogP contribution < -0.4 is 5.43 Å². The minimum Gasteiger partial charge on any atom is -0.449 e. The van der Waals surface area contributed by atoms with Crippen molar-refractivity contribution in [1.29, 1.82) is 0 Å². The van der Waals surface area contributed by atoms with Gasteiger partial charge in [-0.05, 0) is 43.0 Å². The van der Waals surface area contributed by atoms with Crippen LogP contribution >= 0.6 is 23.4 Å². The van der Waals surface area contributed by atoms with E-state index in [2.05, 4.69) is 28.9 Å². The van der Waals surface area contributed by atoms with Crippen molar-refractivity contribution in [1.82, 2.24) is 5.43 Å². The van der Waals surface area contributed by atoms with Gasteiger partial charge < -0.3 is 4.74 Å². The molecule has 0 unspecified atom stereocenters. The van der Waals surface area contributed by atoms with Crippen molar-refractivity contribution in [2.75, 3.05) is 18.6 Å². The second-order valence-electron chi connectivity index (χ2n) is 5.24.